The smallest absolute Gasteiger partial charge is 0.249 e. The van der Waals surface area contributed by atoms with Crippen LogP contribution in [0.1, 0.15) is 19.4 Å². The maximum atomic E-state index is 12.4. The van der Waals surface area contributed by atoms with Gasteiger partial charge in [0.1, 0.15) is 0 Å². The average Bonchev–Trinajstić information content (AvgIpc) is 2.73. The quantitative estimate of drug-likeness (QED) is 0.852. The van der Waals surface area contributed by atoms with Crippen molar-refractivity contribution in [3.63, 3.8) is 0 Å². The van der Waals surface area contributed by atoms with E-state index in [1.54, 1.807) is 6.08 Å². The Balaban J connectivity index is 1.80. The highest BCUT2D eigenvalue weighted by Crippen LogP contribution is 2.34. The Morgan fingerprint density at radius 3 is 2.48 bits per heavy atom. The van der Waals surface area contributed by atoms with Gasteiger partial charge in [0.2, 0.25) is 5.91 Å². The molecule has 21 heavy (non-hydrogen) atoms. The van der Waals surface area contributed by atoms with Gasteiger partial charge in [0.15, 0.2) is 0 Å². The Morgan fingerprint density at radius 2 is 1.81 bits per heavy atom. The fraction of sp³-hybridized carbons (Fsp3) is 0.471. The highest BCUT2D eigenvalue weighted by Gasteiger charge is 2.42. The van der Waals surface area contributed by atoms with Crippen LogP contribution >= 0.6 is 0 Å². The van der Waals surface area contributed by atoms with E-state index in [1.165, 1.54) is 0 Å². The molecule has 2 heterocycles. The largest absolute Gasteiger partial charge is 0.378 e. The third-order valence-electron chi connectivity index (χ3n) is 4.36. The van der Waals surface area contributed by atoms with Crippen LogP contribution in [-0.4, -0.2) is 47.5 Å². The lowest BCUT2D eigenvalue weighted by Gasteiger charge is -2.40. The number of carbonyl (C=O) groups is 1. The van der Waals surface area contributed by atoms with Crippen molar-refractivity contribution in [2.75, 3.05) is 26.3 Å². The first kappa shape index (κ1) is 14.1. The zero-order valence-corrected chi connectivity index (χ0v) is 12.7. The van der Waals surface area contributed by atoms with Gasteiger partial charge in [0.05, 0.1) is 18.8 Å². The van der Waals surface area contributed by atoms with Crippen LogP contribution in [0, 0.1) is 0 Å². The number of benzene rings is 1. The minimum Gasteiger partial charge on any atom is -0.378 e. The number of amides is 1. The number of rotatable bonds is 3. The number of nitrogens with zero attached hydrogens (tertiary/aromatic N) is 2. The molecule has 1 fully saturated rings. The predicted molar refractivity (Wildman–Crippen MR) is 81.5 cm³/mol. The van der Waals surface area contributed by atoms with Crippen LogP contribution < -0.4 is 0 Å². The summed E-state index contributed by atoms with van der Waals surface area (Å²) in [5, 5.41) is 0. The third-order valence-corrected chi connectivity index (χ3v) is 4.36. The molecule has 2 aliphatic heterocycles. The Kier molecular flexibility index (Phi) is 3.72. The molecule has 1 saturated heterocycles. The van der Waals surface area contributed by atoms with Gasteiger partial charge in [0, 0.05) is 31.4 Å². The van der Waals surface area contributed by atoms with E-state index in [4.69, 9.17) is 4.74 Å². The standard InChI is InChI=1S/C17H22N2O2/c1-17(2)15(18-8-10-21-11-9-18)12-16(20)19(17)13-14-6-4-3-5-7-14/h3-7,12H,8-11,13H2,1-2H3. The molecule has 0 saturated carbocycles. The van der Waals surface area contributed by atoms with E-state index in [9.17, 15) is 4.79 Å². The molecule has 112 valence electrons. The molecule has 0 unspecified atom stereocenters. The van der Waals surface area contributed by atoms with Gasteiger partial charge in [-0.25, -0.2) is 0 Å². The van der Waals surface area contributed by atoms with Crippen molar-refractivity contribution in [1.82, 2.24) is 9.80 Å². The summed E-state index contributed by atoms with van der Waals surface area (Å²) in [6, 6.07) is 10.2. The van der Waals surface area contributed by atoms with Crippen molar-refractivity contribution in [2.24, 2.45) is 0 Å². The van der Waals surface area contributed by atoms with Gasteiger partial charge < -0.3 is 14.5 Å². The molecule has 1 amide bonds. The average molecular weight is 286 g/mol. The summed E-state index contributed by atoms with van der Waals surface area (Å²) < 4.78 is 5.41. The van der Waals surface area contributed by atoms with E-state index in [0.717, 1.165) is 37.6 Å². The van der Waals surface area contributed by atoms with Gasteiger partial charge in [-0.2, -0.15) is 0 Å². The molecule has 1 aromatic carbocycles. The summed E-state index contributed by atoms with van der Waals surface area (Å²) in [6.07, 6.45) is 1.80. The molecule has 0 radical (unpaired) electrons. The molecule has 2 aliphatic rings. The minimum absolute atomic E-state index is 0.102. The maximum absolute atomic E-state index is 12.4. The molecule has 0 spiro atoms. The van der Waals surface area contributed by atoms with Crippen LogP contribution in [0.25, 0.3) is 0 Å². The predicted octanol–water partition coefficient (Wildman–Crippen LogP) is 2.02. The molecular weight excluding hydrogens is 264 g/mol. The van der Waals surface area contributed by atoms with Crippen molar-refractivity contribution in [3.8, 4) is 0 Å². The van der Waals surface area contributed by atoms with Crippen LogP contribution in [0.3, 0.4) is 0 Å². The van der Waals surface area contributed by atoms with Crippen LogP contribution in [0.4, 0.5) is 0 Å². The van der Waals surface area contributed by atoms with Crippen LogP contribution in [0.2, 0.25) is 0 Å². The lowest BCUT2D eigenvalue weighted by Crippen LogP contribution is -2.48. The number of morpholine rings is 1. The second-order valence-electron chi connectivity index (χ2n) is 6.10. The van der Waals surface area contributed by atoms with Crippen molar-refractivity contribution in [3.05, 3.63) is 47.7 Å². The van der Waals surface area contributed by atoms with Gasteiger partial charge in [-0.3, -0.25) is 4.79 Å². The monoisotopic (exact) mass is 286 g/mol. The molecule has 1 aromatic rings. The Morgan fingerprint density at radius 1 is 1.14 bits per heavy atom. The molecule has 0 aromatic heterocycles. The first-order chi connectivity index (χ1) is 10.1. The van der Waals surface area contributed by atoms with E-state index in [0.29, 0.717) is 6.54 Å². The molecule has 0 bridgehead atoms. The first-order valence-corrected chi connectivity index (χ1v) is 7.49. The summed E-state index contributed by atoms with van der Waals surface area (Å²) in [7, 11) is 0. The van der Waals surface area contributed by atoms with Crippen molar-refractivity contribution >= 4 is 5.91 Å². The molecule has 3 rings (SSSR count). The molecule has 0 N–H and O–H groups in total. The van der Waals surface area contributed by atoms with E-state index in [-0.39, 0.29) is 11.4 Å². The molecule has 0 atom stereocenters. The van der Waals surface area contributed by atoms with Gasteiger partial charge in [0.25, 0.3) is 0 Å². The van der Waals surface area contributed by atoms with Crippen molar-refractivity contribution in [1.29, 1.82) is 0 Å². The molecule has 4 nitrogen and oxygen atoms in total. The summed E-state index contributed by atoms with van der Waals surface area (Å²) in [5.41, 5.74) is 2.01. The van der Waals surface area contributed by atoms with E-state index >= 15 is 0 Å². The number of hydrogen-bond donors (Lipinski definition) is 0. The zero-order chi connectivity index (χ0) is 14.9. The summed E-state index contributed by atoms with van der Waals surface area (Å²) >= 11 is 0. The molecular formula is C17H22N2O2. The minimum atomic E-state index is -0.274. The Bertz CT molecular complexity index is 545. The highest BCUT2D eigenvalue weighted by atomic mass is 16.5. The van der Waals surface area contributed by atoms with Crippen LogP contribution in [0.15, 0.2) is 42.1 Å². The topological polar surface area (TPSA) is 32.8 Å². The van der Waals surface area contributed by atoms with Gasteiger partial charge in [-0.15, -0.1) is 0 Å². The van der Waals surface area contributed by atoms with Gasteiger partial charge >= 0.3 is 0 Å². The fourth-order valence-electron chi connectivity index (χ4n) is 3.11. The van der Waals surface area contributed by atoms with Crippen molar-refractivity contribution in [2.45, 2.75) is 25.9 Å². The number of hydrogen-bond acceptors (Lipinski definition) is 3. The lowest BCUT2D eigenvalue weighted by atomic mass is 9.99. The van der Waals surface area contributed by atoms with Crippen LogP contribution in [-0.2, 0) is 16.1 Å². The highest BCUT2D eigenvalue weighted by molar-refractivity contribution is 5.92. The summed E-state index contributed by atoms with van der Waals surface area (Å²) in [4.78, 5) is 16.7. The maximum Gasteiger partial charge on any atom is 0.249 e. The SMILES string of the molecule is CC1(C)C(N2CCOCC2)=CC(=O)N1Cc1ccccc1. The number of carbonyl (C=O) groups excluding carboxylic acids is 1. The van der Waals surface area contributed by atoms with Crippen LogP contribution in [0.5, 0.6) is 0 Å². The van der Waals surface area contributed by atoms with Crippen molar-refractivity contribution < 1.29 is 9.53 Å². The van der Waals surface area contributed by atoms with Gasteiger partial charge in [-0.05, 0) is 19.4 Å². The Hall–Kier alpha value is -1.81. The first-order valence-electron chi connectivity index (χ1n) is 7.49. The summed E-state index contributed by atoms with van der Waals surface area (Å²) in [5.74, 6) is 0.102. The van der Waals surface area contributed by atoms with E-state index in [2.05, 4.69) is 30.9 Å². The fourth-order valence-corrected chi connectivity index (χ4v) is 3.11. The van der Waals surface area contributed by atoms with Gasteiger partial charge in [-0.1, -0.05) is 30.3 Å². The normalized spacial score (nSPS) is 21.6. The van der Waals surface area contributed by atoms with E-state index in [1.807, 2.05) is 23.1 Å². The second-order valence-corrected chi connectivity index (χ2v) is 6.10. The Labute approximate surface area is 126 Å². The zero-order valence-electron chi connectivity index (χ0n) is 12.7. The number of ether oxygens (including phenoxy) is 1. The second kappa shape index (κ2) is 5.53. The lowest BCUT2D eigenvalue weighted by molar-refractivity contribution is -0.128. The van der Waals surface area contributed by atoms with E-state index < -0.39 is 0 Å². The third kappa shape index (κ3) is 2.68. The molecule has 4 heteroatoms. The summed E-state index contributed by atoms with van der Waals surface area (Å²) in [6.45, 7) is 8.10. The molecule has 0 aliphatic carbocycles.